The van der Waals surface area contributed by atoms with Gasteiger partial charge in [-0.15, -0.1) is 0 Å². The van der Waals surface area contributed by atoms with E-state index < -0.39 is 0 Å². The lowest BCUT2D eigenvalue weighted by Gasteiger charge is -2.25. The summed E-state index contributed by atoms with van der Waals surface area (Å²) in [5, 5.41) is 0. The smallest absolute Gasteiger partial charge is 0.307 e. The van der Waals surface area contributed by atoms with Crippen LogP contribution in [0.5, 0.6) is 0 Å². The molecule has 0 N–H and O–H groups in total. The molecule has 0 atom stereocenters. The number of hydrogen-bond donors (Lipinski definition) is 1. The van der Waals surface area contributed by atoms with Crippen molar-refractivity contribution >= 4 is 18.6 Å². The molecule has 4 heteroatoms. The topological polar surface area (TPSA) is 35.5 Å². The van der Waals surface area contributed by atoms with Crippen molar-refractivity contribution in [3.05, 3.63) is 0 Å². The van der Waals surface area contributed by atoms with Crippen molar-refractivity contribution in [1.82, 2.24) is 0 Å². The van der Waals surface area contributed by atoms with Crippen LogP contribution in [-0.4, -0.2) is 31.0 Å². The standard InChI is InChI=1S/C6H10O3S/c7-6(1-2-10)9-5-3-8-4-5/h5,10H,1-4H2. The van der Waals surface area contributed by atoms with Crippen molar-refractivity contribution in [2.45, 2.75) is 12.5 Å². The maximum absolute atomic E-state index is 10.7. The zero-order chi connectivity index (χ0) is 7.40. The van der Waals surface area contributed by atoms with Crippen LogP contribution in [0.2, 0.25) is 0 Å². The number of thiol groups is 1. The van der Waals surface area contributed by atoms with Crippen LogP contribution in [0.3, 0.4) is 0 Å². The van der Waals surface area contributed by atoms with Gasteiger partial charge in [0.2, 0.25) is 0 Å². The summed E-state index contributed by atoms with van der Waals surface area (Å²) in [5.74, 6) is 0.371. The molecule has 58 valence electrons. The molecule has 0 bridgehead atoms. The first-order valence-corrected chi connectivity index (χ1v) is 3.84. The van der Waals surface area contributed by atoms with E-state index in [9.17, 15) is 4.79 Å². The predicted octanol–water partition coefficient (Wildman–Crippen LogP) is 0.248. The van der Waals surface area contributed by atoms with E-state index in [0.717, 1.165) is 0 Å². The second kappa shape index (κ2) is 3.83. The highest BCUT2D eigenvalue weighted by Crippen LogP contribution is 2.06. The van der Waals surface area contributed by atoms with Gasteiger partial charge in [0.25, 0.3) is 0 Å². The molecule has 0 spiro atoms. The van der Waals surface area contributed by atoms with Crippen molar-refractivity contribution < 1.29 is 14.3 Å². The molecule has 0 aliphatic carbocycles. The summed E-state index contributed by atoms with van der Waals surface area (Å²) in [6.07, 6.45) is 0.395. The van der Waals surface area contributed by atoms with Crippen LogP contribution in [0, 0.1) is 0 Å². The van der Waals surface area contributed by atoms with E-state index in [1.165, 1.54) is 0 Å². The van der Waals surface area contributed by atoms with Gasteiger partial charge in [-0.3, -0.25) is 4.79 Å². The molecular weight excluding hydrogens is 152 g/mol. The molecule has 0 saturated carbocycles. The first kappa shape index (κ1) is 7.88. The third kappa shape index (κ3) is 2.19. The first-order chi connectivity index (χ1) is 4.83. The highest BCUT2D eigenvalue weighted by molar-refractivity contribution is 7.80. The van der Waals surface area contributed by atoms with Crippen LogP contribution in [0.4, 0.5) is 0 Å². The van der Waals surface area contributed by atoms with E-state index in [1.807, 2.05) is 0 Å². The maximum atomic E-state index is 10.7. The molecule has 1 aliphatic heterocycles. The third-order valence-electron chi connectivity index (χ3n) is 1.22. The Morgan fingerprint density at radius 1 is 1.70 bits per heavy atom. The van der Waals surface area contributed by atoms with E-state index in [-0.39, 0.29) is 12.1 Å². The molecule has 0 aromatic rings. The predicted molar refractivity (Wildman–Crippen MR) is 39.2 cm³/mol. The summed E-state index contributed by atoms with van der Waals surface area (Å²) < 4.78 is 9.73. The Balaban J connectivity index is 2.05. The van der Waals surface area contributed by atoms with Gasteiger partial charge in [-0.1, -0.05) is 0 Å². The van der Waals surface area contributed by atoms with Gasteiger partial charge in [-0.05, 0) is 0 Å². The fourth-order valence-electron chi connectivity index (χ4n) is 0.618. The Morgan fingerprint density at radius 2 is 2.40 bits per heavy atom. The summed E-state index contributed by atoms with van der Waals surface area (Å²) >= 11 is 3.90. The Hall–Kier alpha value is -0.220. The summed E-state index contributed by atoms with van der Waals surface area (Å²) in [4.78, 5) is 10.7. The maximum Gasteiger partial charge on any atom is 0.307 e. The molecule has 1 aliphatic rings. The number of esters is 1. The van der Waals surface area contributed by atoms with Crippen LogP contribution in [0.1, 0.15) is 6.42 Å². The molecule has 0 aromatic carbocycles. The van der Waals surface area contributed by atoms with Gasteiger partial charge in [-0.25, -0.2) is 0 Å². The lowest BCUT2D eigenvalue weighted by atomic mass is 10.3. The minimum absolute atomic E-state index is 0.00684. The molecule has 1 fully saturated rings. The minimum Gasteiger partial charge on any atom is -0.457 e. The van der Waals surface area contributed by atoms with E-state index in [2.05, 4.69) is 12.6 Å². The number of carbonyl (C=O) groups excluding carboxylic acids is 1. The number of carbonyl (C=O) groups is 1. The molecule has 3 nitrogen and oxygen atoms in total. The van der Waals surface area contributed by atoms with Crippen molar-refractivity contribution in [1.29, 1.82) is 0 Å². The van der Waals surface area contributed by atoms with Crippen LogP contribution in [0.25, 0.3) is 0 Å². The summed E-state index contributed by atoms with van der Waals surface area (Å²) in [7, 11) is 0. The minimum atomic E-state index is -0.177. The van der Waals surface area contributed by atoms with E-state index >= 15 is 0 Å². The van der Waals surface area contributed by atoms with Gasteiger partial charge in [-0.2, -0.15) is 12.6 Å². The van der Waals surface area contributed by atoms with Crippen LogP contribution in [-0.2, 0) is 14.3 Å². The summed E-state index contributed by atoms with van der Waals surface area (Å²) in [6.45, 7) is 1.11. The van der Waals surface area contributed by atoms with Crippen molar-refractivity contribution in [2.24, 2.45) is 0 Å². The number of rotatable bonds is 3. The molecule has 1 heterocycles. The van der Waals surface area contributed by atoms with Gasteiger partial charge in [0.05, 0.1) is 19.6 Å². The zero-order valence-electron chi connectivity index (χ0n) is 5.58. The van der Waals surface area contributed by atoms with Crippen molar-refractivity contribution in [3.8, 4) is 0 Å². The van der Waals surface area contributed by atoms with Crippen molar-refractivity contribution in [2.75, 3.05) is 19.0 Å². The highest BCUT2D eigenvalue weighted by Gasteiger charge is 2.21. The molecule has 0 unspecified atom stereocenters. The fraction of sp³-hybridized carbons (Fsp3) is 0.833. The molecule has 0 aromatic heterocycles. The zero-order valence-corrected chi connectivity index (χ0v) is 6.47. The Kier molecular flexibility index (Phi) is 3.02. The van der Waals surface area contributed by atoms with Crippen LogP contribution < -0.4 is 0 Å². The average molecular weight is 162 g/mol. The van der Waals surface area contributed by atoms with Crippen LogP contribution >= 0.6 is 12.6 Å². The molecule has 0 radical (unpaired) electrons. The summed E-state index contributed by atoms with van der Waals surface area (Å²) in [5.41, 5.74) is 0. The van der Waals surface area contributed by atoms with Gasteiger partial charge >= 0.3 is 5.97 Å². The number of hydrogen-bond acceptors (Lipinski definition) is 4. The van der Waals surface area contributed by atoms with Gasteiger partial charge < -0.3 is 9.47 Å². The number of ether oxygens (including phenoxy) is 2. The van der Waals surface area contributed by atoms with Crippen molar-refractivity contribution in [3.63, 3.8) is 0 Å². The van der Waals surface area contributed by atoms with Gasteiger partial charge in [0, 0.05) is 5.75 Å². The third-order valence-corrected chi connectivity index (χ3v) is 1.45. The lowest BCUT2D eigenvalue weighted by Crippen LogP contribution is -2.37. The second-order valence-corrected chi connectivity index (χ2v) is 2.57. The Labute approximate surface area is 65.1 Å². The van der Waals surface area contributed by atoms with Crippen LogP contribution in [0.15, 0.2) is 0 Å². The molecule has 10 heavy (non-hydrogen) atoms. The van der Waals surface area contributed by atoms with E-state index in [4.69, 9.17) is 9.47 Å². The average Bonchev–Trinajstić information content (AvgIpc) is 1.80. The molecule has 0 amide bonds. The molecule has 1 rings (SSSR count). The normalized spacial score (nSPS) is 18.1. The Morgan fingerprint density at radius 3 is 2.80 bits per heavy atom. The highest BCUT2D eigenvalue weighted by atomic mass is 32.1. The van der Waals surface area contributed by atoms with E-state index in [0.29, 0.717) is 25.4 Å². The molecule has 1 saturated heterocycles. The quantitative estimate of drug-likeness (QED) is 0.477. The van der Waals surface area contributed by atoms with E-state index in [1.54, 1.807) is 0 Å². The first-order valence-electron chi connectivity index (χ1n) is 3.21. The summed E-state index contributed by atoms with van der Waals surface area (Å²) in [6, 6.07) is 0. The molecular formula is C6H10O3S. The lowest BCUT2D eigenvalue weighted by molar-refractivity contribution is -0.171. The fourth-order valence-corrected chi connectivity index (χ4v) is 0.801. The van der Waals surface area contributed by atoms with Gasteiger partial charge in [0.1, 0.15) is 6.10 Å². The monoisotopic (exact) mass is 162 g/mol. The Bertz CT molecular complexity index is 122. The SMILES string of the molecule is O=C(CCS)OC1COC1. The van der Waals surface area contributed by atoms with Gasteiger partial charge in [0.15, 0.2) is 0 Å². The second-order valence-electron chi connectivity index (χ2n) is 2.12. The largest absolute Gasteiger partial charge is 0.457 e.